The van der Waals surface area contributed by atoms with Gasteiger partial charge in [-0.2, -0.15) is 0 Å². The number of hydrogen-bond donors (Lipinski definition) is 2. The van der Waals surface area contributed by atoms with E-state index in [0.717, 1.165) is 10.9 Å². The van der Waals surface area contributed by atoms with Crippen LogP contribution in [0.2, 0.25) is 0 Å². The summed E-state index contributed by atoms with van der Waals surface area (Å²) in [5, 5.41) is 14.0. The van der Waals surface area contributed by atoms with Crippen LogP contribution in [0.4, 0.5) is 5.69 Å². The minimum atomic E-state index is -0.414. The Morgan fingerprint density at radius 1 is 1.50 bits per heavy atom. The van der Waals surface area contributed by atoms with E-state index in [1.165, 1.54) is 0 Å². The Balaban J connectivity index is 2.05. The van der Waals surface area contributed by atoms with Crippen LogP contribution in [-0.2, 0) is 4.74 Å². The van der Waals surface area contributed by atoms with E-state index in [0.29, 0.717) is 12.1 Å². The first-order valence-corrected chi connectivity index (χ1v) is 6.40. The molecule has 1 fully saturated rings. The third-order valence-corrected chi connectivity index (χ3v) is 3.64. The number of ether oxygens (including phenoxy) is 1. The number of nitrogen functional groups attached to an aromatic ring is 1. The third-order valence-electron chi connectivity index (χ3n) is 3.64. The molecule has 7 heteroatoms. The number of nitrogens with zero attached hydrogens (tertiary/aromatic N) is 4. The standard InChI is InChI=1S/C13H15N5O2/c14-10-2-1-3-12-9(10)4-5-18(12)13-11(16-17-15)6-8(7-19)20-13/h1-5,8,11,13,19H,6-7,14H2/t8-,11-,13+/m0/s1. The van der Waals surface area contributed by atoms with Gasteiger partial charge in [0.2, 0.25) is 0 Å². The molecule has 3 rings (SSSR count). The van der Waals surface area contributed by atoms with Crippen molar-refractivity contribution in [2.24, 2.45) is 5.11 Å². The number of hydrogen-bond acceptors (Lipinski definition) is 4. The maximum absolute atomic E-state index is 9.24. The number of azide groups is 1. The fourth-order valence-electron chi connectivity index (χ4n) is 2.70. The first kappa shape index (κ1) is 12.8. The lowest BCUT2D eigenvalue weighted by Gasteiger charge is -2.18. The van der Waals surface area contributed by atoms with Crippen molar-refractivity contribution in [3.8, 4) is 0 Å². The van der Waals surface area contributed by atoms with Crippen molar-refractivity contribution >= 4 is 16.6 Å². The number of benzene rings is 1. The van der Waals surface area contributed by atoms with Gasteiger partial charge >= 0.3 is 0 Å². The Morgan fingerprint density at radius 2 is 2.35 bits per heavy atom. The van der Waals surface area contributed by atoms with Gasteiger partial charge in [-0.05, 0) is 30.2 Å². The number of aliphatic hydroxyl groups excluding tert-OH is 1. The van der Waals surface area contributed by atoms with E-state index < -0.39 is 6.23 Å². The van der Waals surface area contributed by atoms with Gasteiger partial charge in [-0.3, -0.25) is 0 Å². The van der Waals surface area contributed by atoms with Crippen LogP contribution < -0.4 is 5.73 Å². The second-order valence-electron chi connectivity index (χ2n) is 4.84. The van der Waals surface area contributed by atoms with E-state index in [4.69, 9.17) is 16.0 Å². The van der Waals surface area contributed by atoms with Crippen LogP contribution in [0.3, 0.4) is 0 Å². The highest BCUT2D eigenvalue weighted by Crippen LogP contribution is 2.35. The third kappa shape index (κ3) is 1.98. The molecule has 1 saturated heterocycles. The van der Waals surface area contributed by atoms with Gasteiger partial charge in [0.05, 0.1) is 24.3 Å². The second kappa shape index (κ2) is 5.05. The van der Waals surface area contributed by atoms with Crippen molar-refractivity contribution in [2.75, 3.05) is 12.3 Å². The molecule has 2 heterocycles. The van der Waals surface area contributed by atoms with Crippen molar-refractivity contribution in [2.45, 2.75) is 24.8 Å². The molecule has 1 aliphatic heterocycles. The summed E-state index contributed by atoms with van der Waals surface area (Å²) in [6.45, 7) is -0.0880. The van der Waals surface area contributed by atoms with Crippen molar-refractivity contribution in [1.82, 2.24) is 4.57 Å². The molecule has 3 N–H and O–H groups in total. The zero-order valence-electron chi connectivity index (χ0n) is 10.8. The lowest BCUT2D eigenvalue weighted by molar-refractivity contribution is -0.0234. The van der Waals surface area contributed by atoms with Gasteiger partial charge in [-0.25, -0.2) is 0 Å². The highest BCUT2D eigenvalue weighted by Gasteiger charge is 2.35. The van der Waals surface area contributed by atoms with E-state index in [1.54, 1.807) is 0 Å². The van der Waals surface area contributed by atoms with Gasteiger partial charge in [0.1, 0.15) is 6.23 Å². The molecule has 0 amide bonds. The normalized spacial score (nSPS) is 25.8. The molecule has 1 aromatic heterocycles. The molecule has 2 aromatic rings. The SMILES string of the molecule is [N-]=[N+]=N[C@H]1C[C@@H](CO)O[C@H]1n1ccc2c(N)cccc21. The van der Waals surface area contributed by atoms with Crippen molar-refractivity contribution in [3.05, 3.63) is 40.9 Å². The fourth-order valence-corrected chi connectivity index (χ4v) is 2.70. The van der Waals surface area contributed by atoms with Gasteiger partial charge in [0, 0.05) is 22.2 Å². The zero-order chi connectivity index (χ0) is 14.1. The molecular formula is C13H15N5O2. The summed E-state index contributed by atoms with van der Waals surface area (Å²) in [6.07, 6.45) is 1.65. The molecule has 20 heavy (non-hydrogen) atoms. The molecule has 0 radical (unpaired) electrons. The molecule has 0 unspecified atom stereocenters. The first-order chi connectivity index (χ1) is 9.74. The Morgan fingerprint density at radius 3 is 3.10 bits per heavy atom. The summed E-state index contributed by atoms with van der Waals surface area (Å²) in [6, 6.07) is 7.22. The number of anilines is 1. The van der Waals surface area contributed by atoms with E-state index in [2.05, 4.69) is 10.0 Å². The van der Waals surface area contributed by atoms with Gasteiger partial charge in [0.15, 0.2) is 0 Å². The number of aliphatic hydroxyl groups is 1. The molecular weight excluding hydrogens is 258 g/mol. The van der Waals surface area contributed by atoms with Crippen molar-refractivity contribution in [1.29, 1.82) is 0 Å². The second-order valence-corrected chi connectivity index (χ2v) is 4.84. The average molecular weight is 273 g/mol. The number of fused-ring (bicyclic) bond motifs is 1. The highest BCUT2D eigenvalue weighted by molar-refractivity contribution is 5.91. The highest BCUT2D eigenvalue weighted by atomic mass is 16.5. The number of rotatable bonds is 3. The summed E-state index contributed by atoms with van der Waals surface area (Å²) in [4.78, 5) is 2.87. The van der Waals surface area contributed by atoms with Crippen LogP contribution in [0, 0.1) is 0 Å². The Hall–Kier alpha value is -2.21. The fraction of sp³-hybridized carbons (Fsp3) is 0.385. The van der Waals surface area contributed by atoms with E-state index >= 15 is 0 Å². The molecule has 3 atom stereocenters. The van der Waals surface area contributed by atoms with Crippen molar-refractivity contribution < 1.29 is 9.84 Å². The lowest BCUT2D eigenvalue weighted by atomic mass is 10.1. The largest absolute Gasteiger partial charge is 0.398 e. The van der Waals surface area contributed by atoms with Crippen LogP contribution in [-0.4, -0.2) is 28.4 Å². The minimum Gasteiger partial charge on any atom is -0.398 e. The topological polar surface area (TPSA) is 109 Å². The molecule has 1 aliphatic rings. The summed E-state index contributed by atoms with van der Waals surface area (Å²) < 4.78 is 7.68. The van der Waals surface area contributed by atoms with Gasteiger partial charge < -0.3 is 20.1 Å². The molecule has 0 bridgehead atoms. The average Bonchev–Trinajstić information content (AvgIpc) is 3.03. The Bertz CT molecular complexity index is 676. The van der Waals surface area contributed by atoms with Gasteiger partial charge in [0.25, 0.3) is 0 Å². The van der Waals surface area contributed by atoms with Crippen LogP contribution in [0.25, 0.3) is 21.3 Å². The van der Waals surface area contributed by atoms with Crippen LogP contribution >= 0.6 is 0 Å². The smallest absolute Gasteiger partial charge is 0.143 e. The number of aromatic nitrogens is 1. The lowest BCUT2D eigenvalue weighted by Crippen LogP contribution is -2.17. The summed E-state index contributed by atoms with van der Waals surface area (Å²) in [7, 11) is 0. The predicted octanol–water partition coefficient (Wildman–Crippen LogP) is 2.18. The van der Waals surface area contributed by atoms with E-state index in [1.807, 2.05) is 35.0 Å². The monoisotopic (exact) mass is 273 g/mol. The maximum atomic E-state index is 9.24. The Kier molecular flexibility index (Phi) is 3.23. The van der Waals surface area contributed by atoms with Gasteiger partial charge in [-0.15, -0.1) is 0 Å². The van der Waals surface area contributed by atoms with E-state index in [-0.39, 0.29) is 18.8 Å². The first-order valence-electron chi connectivity index (χ1n) is 6.40. The molecule has 0 spiro atoms. The quantitative estimate of drug-likeness (QED) is 0.387. The van der Waals surface area contributed by atoms with Crippen LogP contribution in [0.5, 0.6) is 0 Å². The van der Waals surface area contributed by atoms with Gasteiger partial charge in [-0.1, -0.05) is 11.2 Å². The molecule has 1 aromatic carbocycles. The van der Waals surface area contributed by atoms with E-state index in [9.17, 15) is 5.11 Å². The predicted molar refractivity (Wildman–Crippen MR) is 74.9 cm³/mol. The summed E-state index contributed by atoms with van der Waals surface area (Å²) in [5.41, 5.74) is 16.2. The molecule has 0 saturated carbocycles. The zero-order valence-corrected chi connectivity index (χ0v) is 10.8. The Labute approximate surface area is 115 Å². The molecule has 7 nitrogen and oxygen atoms in total. The summed E-state index contributed by atoms with van der Waals surface area (Å²) in [5.74, 6) is 0. The van der Waals surface area contributed by atoms with Crippen LogP contribution in [0.15, 0.2) is 35.6 Å². The van der Waals surface area contributed by atoms with Crippen molar-refractivity contribution in [3.63, 3.8) is 0 Å². The molecule has 104 valence electrons. The van der Waals surface area contributed by atoms with Crippen LogP contribution in [0.1, 0.15) is 12.6 Å². The maximum Gasteiger partial charge on any atom is 0.143 e. The number of nitrogens with two attached hydrogens (primary N) is 1. The summed E-state index contributed by atoms with van der Waals surface area (Å²) >= 11 is 0. The minimum absolute atomic E-state index is 0.0880. The molecule has 0 aliphatic carbocycles.